The first kappa shape index (κ1) is 41.7. The molecule has 316 valence electrons. The molecule has 0 spiro atoms. The molecule has 0 aromatic heterocycles. The third kappa shape index (κ3) is 9.62. The van der Waals surface area contributed by atoms with Crippen molar-refractivity contribution >= 4 is 17.9 Å². The summed E-state index contributed by atoms with van der Waals surface area (Å²) in [6.45, 7) is 6.66. The van der Waals surface area contributed by atoms with Crippen molar-refractivity contribution in [3.63, 3.8) is 0 Å². The van der Waals surface area contributed by atoms with Gasteiger partial charge in [-0.05, 0) is 69.7 Å². The fraction of sp³-hybridized carbons (Fsp3) is 0.413. The summed E-state index contributed by atoms with van der Waals surface area (Å²) >= 11 is 0. The number of carbonyl (C=O) groups excluding carboxylic acids is 3. The minimum Gasteiger partial charge on any atom is -0.459 e. The highest BCUT2D eigenvalue weighted by Crippen LogP contribution is 2.44. The van der Waals surface area contributed by atoms with Crippen LogP contribution in [0.4, 0.5) is 0 Å². The van der Waals surface area contributed by atoms with Crippen molar-refractivity contribution in [2.45, 2.75) is 107 Å². The fourth-order valence-corrected chi connectivity index (χ4v) is 7.73. The van der Waals surface area contributed by atoms with Crippen LogP contribution in [-0.4, -0.2) is 104 Å². The van der Waals surface area contributed by atoms with Crippen LogP contribution in [0.5, 0.6) is 0 Å². The Labute approximate surface area is 347 Å². The summed E-state index contributed by atoms with van der Waals surface area (Å²) in [5, 5.41) is 0. The van der Waals surface area contributed by atoms with Gasteiger partial charge in [0.15, 0.2) is 36.4 Å². The molecule has 4 aromatic rings. The average molecular weight is 825 g/mol. The second-order valence-corrected chi connectivity index (χ2v) is 15.8. The van der Waals surface area contributed by atoms with Crippen molar-refractivity contribution in [1.29, 1.82) is 0 Å². The first-order valence-electron chi connectivity index (χ1n) is 20.0. The maximum absolute atomic E-state index is 14.0. The van der Waals surface area contributed by atoms with Gasteiger partial charge in [0, 0.05) is 0 Å². The largest absolute Gasteiger partial charge is 0.459 e. The molecule has 4 heterocycles. The molecule has 14 nitrogen and oxygen atoms in total. The fourth-order valence-electron chi connectivity index (χ4n) is 7.73. The Kier molecular flexibility index (Phi) is 12.4. The summed E-state index contributed by atoms with van der Waals surface area (Å²) in [4.78, 5) is 41.2. The smallest absolute Gasteiger partial charge is 0.338 e. The lowest BCUT2D eigenvalue weighted by Crippen LogP contribution is -2.63. The van der Waals surface area contributed by atoms with Gasteiger partial charge in [0.05, 0.1) is 29.9 Å². The van der Waals surface area contributed by atoms with E-state index in [0.29, 0.717) is 5.56 Å². The van der Waals surface area contributed by atoms with Crippen LogP contribution in [0.25, 0.3) is 0 Å². The third-order valence-corrected chi connectivity index (χ3v) is 10.4. The highest BCUT2D eigenvalue weighted by Gasteiger charge is 2.61. The average Bonchev–Trinajstić information content (AvgIpc) is 3.76. The molecule has 0 saturated carbocycles. The van der Waals surface area contributed by atoms with E-state index in [9.17, 15) is 14.4 Å². The van der Waals surface area contributed by atoms with Gasteiger partial charge >= 0.3 is 17.9 Å². The van der Waals surface area contributed by atoms with Crippen molar-refractivity contribution < 1.29 is 66.5 Å². The van der Waals surface area contributed by atoms with Gasteiger partial charge in [-0.3, -0.25) is 0 Å². The van der Waals surface area contributed by atoms with Crippen LogP contribution in [0.1, 0.15) is 64.3 Å². The first-order valence-corrected chi connectivity index (χ1v) is 20.0. The molecule has 4 aliphatic rings. The molecule has 14 heteroatoms. The van der Waals surface area contributed by atoms with Gasteiger partial charge in [0.25, 0.3) is 0 Å². The van der Waals surface area contributed by atoms with Crippen LogP contribution < -0.4 is 0 Å². The molecule has 60 heavy (non-hydrogen) atoms. The van der Waals surface area contributed by atoms with Crippen molar-refractivity contribution in [3.05, 3.63) is 144 Å². The number of carbonyl (C=O) groups is 3. The zero-order chi connectivity index (χ0) is 41.9. The molecular formula is C46H48O14. The Bertz CT molecular complexity index is 2060. The maximum atomic E-state index is 14.0. The third-order valence-electron chi connectivity index (χ3n) is 10.4. The van der Waals surface area contributed by atoms with E-state index in [-0.39, 0.29) is 24.3 Å². The van der Waals surface area contributed by atoms with Crippen LogP contribution in [0.2, 0.25) is 0 Å². The van der Waals surface area contributed by atoms with Crippen LogP contribution in [-0.2, 0) is 58.7 Å². The van der Waals surface area contributed by atoms with Gasteiger partial charge in [0.2, 0.25) is 0 Å². The van der Waals surface area contributed by atoms with Crippen molar-refractivity contribution in [1.82, 2.24) is 0 Å². The minimum atomic E-state index is -1.37. The summed E-state index contributed by atoms with van der Waals surface area (Å²) in [6, 6.07) is 34.5. The summed E-state index contributed by atoms with van der Waals surface area (Å²) in [5.41, 5.74) is 1.56. The Hall–Kier alpha value is -5.03. The van der Waals surface area contributed by atoms with Gasteiger partial charge in [-0.15, -0.1) is 0 Å². The molecule has 4 saturated heterocycles. The molecule has 10 atom stereocenters. The zero-order valence-corrected chi connectivity index (χ0v) is 33.7. The van der Waals surface area contributed by atoms with E-state index in [1.54, 1.807) is 119 Å². The highest BCUT2D eigenvalue weighted by atomic mass is 16.9. The Balaban J connectivity index is 1.14. The number of ether oxygens (including phenoxy) is 11. The molecule has 4 aliphatic heterocycles. The zero-order valence-electron chi connectivity index (χ0n) is 33.7. The minimum absolute atomic E-state index is 0.0287. The van der Waals surface area contributed by atoms with Gasteiger partial charge in [-0.2, -0.15) is 0 Å². The topological polar surface area (TPSA) is 153 Å². The van der Waals surface area contributed by atoms with Crippen molar-refractivity contribution in [2.75, 3.05) is 13.2 Å². The van der Waals surface area contributed by atoms with Crippen LogP contribution >= 0.6 is 0 Å². The normalized spacial score (nSPS) is 30.1. The number of fused-ring (bicyclic) bond motifs is 3. The molecule has 4 aromatic carbocycles. The van der Waals surface area contributed by atoms with E-state index in [0.717, 1.165) is 5.56 Å². The standard InChI is InChI=1S/C46H48O14/c1-45(2)57-35-33(54-44-39(37(35)58-45)59-46(3,4)60-44)27-52-43-38(50-25-28-17-9-5-10-18-28)36(56-42(49)31-23-15-8-16-24-31)34(55-41(48)30-21-13-7-14-22-30)32(53-43)26-51-40(47)29-19-11-6-12-20-29/h5-24,32-39,43-44H,25-27H2,1-4H3/t32-,33-,34-,35+,36+,37+,38-,39-,43+,44-/m1/s1. The molecule has 8 rings (SSSR count). The maximum Gasteiger partial charge on any atom is 0.338 e. The molecule has 0 amide bonds. The Morgan fingerprint density at radius 3 is 1.60 bits per heavy atom. The van der Waals surface area contributed by atoms with Gasteiger partial charge in [-0.1, -0.05) is 84.9 Å². The second kappa shape index (κ2) is 17.9. The SMILES string of the molecule is CC1(C)O[C@H]2[C@@H](O1)[C@@H](CO[C@H]1O[C@H](COC(=O)c3ccccc3)[C@@H](OC(=O)c3ccccc3)[C@H](OC(=O)c3ccccc3)[C@H]1OCc1ccccc1)O[C@@H]1OC(C)(C)O[C@@H]12. The number of rotatable bonds is 13. The predicted molar refractivity (Wildman–Crippen MR) is 210 cm³/mol. The lowest BCUT2D eigenvalue weighted by atomic mass is 9.97. The van der Waals surface area contributed by atoms with Crippen molar-refractivity contribution in [3.8, 4) is 0 Å². The molecule has 0 bridgehead atoms. The van der Waals surface area contributed by atoms with E-state index in [4.69, 9.17) is 52.1 Å². The van der Waals surface area contributed by atoms with Crippen LogP contribution in [0, 0.1) is 0 Å². The molecule has 0 radical (unpaired) electrons. The number of esters is 3. The molecule has 0 aliphatic carbocycles. The van der Waals surface area contributed by atoms with E-state index in [1.165, 1.54) is 0 Å². The molecular weight excluding hydrogens is 776 g/mol. The van der Waals surface area contributed by atoms with E-state index in [1.807, 2.05) is 30.3 Å². The highest BCUT2D eigenvalue weighted by molar-refractivity contribution is 5.91. The first-order chi connectivity index (χ1) is 28.9. The Morgan fingerprint density at radius 2 is 1.00 bits per heavy atom. The predicted octanol–water partition coefficient (Wildman–Crippen LogP) is 6.02. The summed E-state index contributed by atoms with van der Waals surface area (Å²) in [5.74, 6) is -4.01. The van der Waals surface area contributed by atoms with Crippen LogP contribution in [0.15, 0.2) is 121 Å². The summed E-state index contributed by atoms with van der Waals surface area (Å²) in [6.07, 6.45) is -9.83. The molecule has 4 fully saturated rings. The van der Waals surface area contributed by atoms with Crippen molar-refractivity contribution in [2.24, 2.45) is 0 Å². The van der Waals surface area contributed by atoms with E-state index in [2.05, 4.69) is 0 Å². The van der Waals surface area contributed by atoms with Gasteiger partial charge in [0.1, 0.15) is 43.2 Å². The quantitative estimate of drug-likeness (QED) is 0.114. The summed E-state index contributed by atoms with van der Waals surface area (Å²) < 4.78 is 69.5. The lowest BCUT2D eigenvalue weighted by Gasteiger charge is -2.45. The number of benzene rings is 4. The second-order valence-electron chi connectivity index (χ2n) is 15.8. The van der Waals surface area contributed by atoms with E-state index >= 15 is 0 Å². The number of hydrogen-bond acceptors (Lipinski definition) is 14. The van der Waals surface area contributed by atoms with Crippen LogP contribution in [0.3, 0.4) is 0 Å². The Morgan fingerprint density at radius 1 is 0.500 bits per heavy atom. The number of hydrogen-bond donors (Lipinski definition) is 0. The van der Waals surface area contributed by atoms with E-state index < -0.39 is 97.5 Å². The molecule has 0 N–H and O–H groups in total. The lowest BCUT2D eigenvalue weighted by molar-refractivity contribution is -0.322. The van der Waals surface area contributed by atoms with Gasteiger partial charge < -0.3 is 52.1 Å². The molecule has 0 unspecified atom stereocenters. The van der Waals surface area contributed by atoms with Gasteiger partial charge in [-0.25, -0.2) is 14.4 Å². The summed E-state index contributed by atoms with van der Waals surface area (Å²) in [7, 11) is 0. The monoisotopic (exact) mass is 824 g/mol.